The predicted octanol–water partition coefficient (Wildman–Crippen LogP) is 4.58. The molecule has 2 aromatic rings. The van der Waals surface area contributed by atoms with Gasteiger partial charge in [-0.05, 0) is 55.8 Å². The molecular weight excluding hydrogens is 305 g/mol. The van der Waals surface area contributed by atoms with Gasteiger partial charge in [-0.2, -0.15) is 0 Å². The molecule has 1 fully saturated rings. The van der Waals surface area contributed by atoms with Crippen LogP contribution in [-0.2, 0) is 0 Å². The summed E-state index contributed by atoms with van der Waals surface area (Å²) in [6, 6.07) is 13.1. The first kappa shape index (κ1) is 16.7. The fraction of sp³-hybridized carbons (Fsp3) is 0.350. The molecule has 1 aliphatic heterocycles. The molecule has 1 saturated heterocycles. The highest BCUT2D eigenvalue weighted by molar-refractivity contribution is 6.01. The molecule has 0 radical (unpaired) electrons. The molecule has 3 rings (SSSR count). The van der Waals surface area contributed by atoms with Crippen LogP contribution >= 0.6 is 0 Å². The maximum Gasteiger partial charge on any atom is 0.170 e. The van der Waals surface area contributed by atoms with Gasteiger partial charge in [0.2, 0.25) is 0 Å². The van der Waals surface area contributed by atoms with E-state index >= 15 is 0 Å². The van der Waals surface area contributed by atoms with Crippen molar-refractivity contribution < 1.29 is 13.9 Å². The van der Waals surface area contributed by atoms with Crippen molar-refractivity contribution >= 4 is 5.78 Å². The largest absolute Gasteiger partial charge is 0.457 e. The zero-order chi connectivity index (χ0) is 17.0. The van der Waals surface area contributed by atoms with E-state index in [9.17, 15) is 9.18 Å². The van der Waals surface area contributed by atoms with Crippen molar-refractivity contribution in [1.82, 2.24) is 5.32 Å². The summed E-state index contributed by atoms with van der Waals surface area (Å²) in [5.74, 6) is 1.01. The number of hydrogen-bond donors (Lipinski definition) is 1. The molecule has 0 amide bonds. The van der Waals surface area contributed by atoms with Crippen LogP contribution in [-0.4, -0.2) is 18.9 Å². The van der Waals surface area contributed by atoms with Crippen LogP contribution in [0.4, 0.5) is 4.39 Å². The highest BCUT2D eigenvalue weighted by Gasteiger charge is 2.40. The number of hydrogen-bond acceptors (Lipinski definition) is 3. The van der Waals surface area contributed by atoms with Crippen LogP contribution in [0.2, 0.25) is 0 Å². The molecule has 0 saturated carbocycles. The SMILES string of the molecule is CCCC1(C(=O)c2cccc(Oc3ccc(F)cc3)c2)CCNC1. The second-order valence-electron chi connectivity index (χ2n) is 6.37. The third kappa shape index (κ3) is 3.49. The van der Waals surface area contributed by atoms with E-state index in [1.54, 1.807) is 24.3 Å². The van der Waals surface area contributed by atoms with Crippen LogP contribution in [0.3, 0.4) is 0 Å². The van der Waals surface area contributed by atoms with Gasteiger partial charge in [0.05, 0.1) is 0 Å². The molecule has 1 N–H and O–H groups in total. The van der Waals surface area contributed by atoms with Crippen LogP contribution in [0.25, 0.3) is 0 Å². The summed E-state index contributed by atoms with van der Waals surface area (Å²) in [7, 11) is 0. The molecule has 0 spiro atoms. The first-order valence-corrected chi connectivity index (χ1v) is 8.42. The van der Waals surface area contributed by atoms with Gasteiger partial charge >= 0.3 is 0 Å². The molecule has 1 atom stereocenters. The summed E-state index contributed by atoms with van der Waals surface area (Å²) in [5.41, 5.74) is 0.371. The summed E-state index contributed by atoms with van der Waals surface area (Å²) in [4.78, 5) is 13.1. The first-order valence-electron chi connectivity index (χ1n) is 8.42. The van der Waals surface area contributed by atoms with Gasteiger partial charge < -0.3 is 10.1 Å². The predicted molar refractivity (Wildman–Crippen MR) is 92.1 cm³/mol. The molecule has 1 aliphatic rings. The molecule has 24 heavy (non-hydrogen) atoms. The van der Waals surface area contributed by atoms with E-state index in [1.807, 2.05) is 12.1 Å². The normalized spacial score (nSPS) is 20.1. The van der Waals surface area contributed by atoms with E-state index in [0.717, 1.165) is 32.4 Å². The summed E-state index contributed by atoms with van der Waals surface area (Å²) in [6.45, 7) is 3.74. The minimum absolute atomic E-state index is 0.180. The third-order valence-corrected chi connectivity index (χ3v) is 4.60. The van der Waals surface area contributed by atoms with Gasteiger partial charge in [0.1, 0.15) is 17.3 Å². The van der Waals surface area contributed by atoms with Crippen LogP contribution in [0.5, 0.6) is 11.5 Å². The van der Waals surface area contributed by atoms with Crippen molar-refractivity contribution in [2.75, 3.05) is 13.1 Å². The summed E-state index contributed by atoms with van der Waals surface area (Å²) in [5, 5.41) is 3.32. The molecule has 2 aromatic carbocycles. The number of carbonyl (C=O) groups is 1. The minimum Gasteiger partial charge on any atom is -0.457 e. The lowest BCUT2D eigenvalue weighted by atomic mass is 9.76. The molecule has 0 aliphatic carbocycles. The van der Waals surface area contributed by atoms with Crippen molar-refractivity contribution in [3.63, 3.8) is 0 Å². The lowest BCUT2D eigenvalue weighted by Crippen LogP contribution is -2.33. The monoisotopic (exact) mass is 327 g/mol. The quantitative estimate of drug-likeness (QED) is 0.789. The Morgan fingerprint density at radius 1 is 1.21 bits per heavy atom. The van der Waals surface area contributed by atoms with E-state index in [-0.39, 0.29) is 17.0 Å². The third-order valence-electron chi connectivity index (χ3n) is 4.60. The Bertz CT molecular complexity index is 706. The number of ketones is 1. The van der Waals surface area contributed by atoms with Gasteiger partial charge in [-0.25, -0.2) is 4.39 Å². The Hall–Kier alpha value is -2.20. The number of halogens is 1. The van der Waals surface area contributed by atoms with Crippen LogP contribution in [0.1, 0.15) is 36.5 Å². The molecule has 0 bridgehead atoms. The fourth-order valence-corrected chi connectivity index (χ4v) is 3.39. The molecule has 0 aromatic heterocycles. The van der Waals surface area contributed by atoms with Crippen molar-refractivity contribution in [3.8, 4) is 11.5 Å². The Kier molecular flexibility index (Phi) is 4.95. The maximum absolute atomic E-state index is 13.1. The Morgan fingerprint density at radius 3 is 2.67 bits per heavy atom. The van der Waals surface area contributed by atoms with E-state index in [2.05, 4.69) is 12.2 Å². The number of benzene rings is 2. The van der Waals surface area contributed by atoms with E-state index in [0.29, 0.717) is 17.1 Å². The lowest BCUT2D eigenvalue weighted by molar-refractivity contribution is 0.0801. The Morgan fingerprint density at radius 2 is 2.00 bits per heavy atom. The summed E-state index contributed by atoms with van der Waals surface area (Å²) < 4.78 is 18.7. The molecule has 126 valence electrons. The van der Waals surface area contributed by atoms with Crippen molar-refractivity contribution in [2.24, 2.45) is 5.41 Å². The zero-order valence-corrected chi connectivity index (χ0v) is 13.8. The van der Waals surface area contributed by atoms with Gasteiger partial charge in [0.15, 0.2) is 5.78 Å². The van der Waals surface area contributed by atoms with Crippen molar-refractivity contribution in [3.05, 3.63) is 59.9 Å². The van der Waals surface area contributed by atoms with Gasteiger partial charge in [0, 0.05) is 17.5 Å². The number of ether oxygens (including phenoxy) is 1. The summed E-state index contributed by atoms with van der Waals surface area (Å²) >= 11 is 0. The van der Waals surface area contributed by atoms with Crippen LogP contribution in [0.15, 0.2) is 48.5 Å². The average molecular weight is 327 g/mol. The highest BCUT2D eigenvalue weighted by atomic mass is 19.1. The standard InChI is InChI=1S/C20H22FNO2/c1-2-10-20(11-12-22-14-20)19(23)15-4-3-5-18(13-15)24-17-8-6-16(21)7-9-17/h3-9,13,22H,2,10-12,14H2,1H3. The van der Waals surface area contributed by atoms with Gasteiger partial charge in [-0.3, -0.25) is 4.79 Å². The number of nitrogens with one attached hydrogen (secondary N) is 1. The average Bonchev–Trinajstić information content (AvgIpc) is 3.07. The zero-order valence-electron chi connectivity index (χ0n) is 13.8. The van der Waals surface area contributed by atoms with E-state index in [4.69, 9.17) is 4.74 Å². The lowest BCUT2D eigenvalue weighted by Gasteiger charge is -2.26. The number of rotatable bonds is 6. The smallest absolute Gasteiger partial charge is 0.170 e. The maximum atomic E-state index is 13.1. The van der Waals surface area contributed by atoms with Crippen LogP contribution in [0, 0.1) is 11.2 Å². The second-order valence-corrected chi connectivity index (χ2v) is 6.37. The van der Waals surface area contributed by atoms with Crippen molar-refractivity contribution in [1.29, 1.82) is 0 Å². The van der Waals surface area contributed by atoms with Crippen LogP contribution < -0.4 is 10.1 Å². The Balaban J connectivity index is 1.81. The van der Waals surface area contributed by atoms with E-state index in [1.165, 1.54) is 12.1 Å². The summed E-state index contributed by atoms with van der Waals surface area (Å²) in [6.07, 6.45) is 2.75. The number of Topliss-reactive ketones (excluding diaryl/α,β-unsaturated/α-hetero) is 1. The fourth-order valence-electron chi connectivity index (χ4n) is 3.39. The van der Waals surface area contributed by atoms with E-state index < -0.39 is 0 Å². The molecule has 1 heterocycles. The topological polar surface area (TPSA) is 38.3 Å². The molecule has 3 nitrogen and oxygen atoms in total. The Labute approximate surface area is 141 Å². The first-order chi connectivity index (χ1) is 11.6. The molecule has 4 heteroatoms. The van der Waals surface area contributed by atoms with Crippen molar-refractivity contribution in [2.45, 2.75) is 26.2 Å². The second kappa shape index (κ2) is 7.14. The van der Waals surface area contributed by atoms with Gasteiger partial charge in [0.25, 0.3) is 0 Å². The van der Waals surface area contributed by atoms with Gasteiger partial charge in [-0.15, -0.1) is 0 Å². The highest BCUT2D eigenvalue weighted by Crippen LogP contribution is 2.36. The molecular formula is C20H22FNO2. The molecule has 1 unspecified atom stereocenters. The minimum atomic E-state index is -0.304. The number of carbonyl (C=O) groups excluding carboxylic acids is 1. The van der Waals surface area contributed by atoms with Gasteiger partial charge in [-0.1, -0.05) is 25.5 Å².